The van der Waals surface area contributed by atoms with Crippen molar-refractivity contribution in [3.05, 3.63) is 42.0 Å². The number of aryl methyl sites for hydroxylation is 1. The van der Waals surface area contributed by atoms with Crippen molar-refractivity contribution in [1.82, 2.24) is 20.1 Å². The molecule has 1 aromatic heterocycles. The smallest absolute Gasteiger partial charge is 0.233 e. The number of halogens is 1. The first-order valence-corrected chi connectivity index (χ1v) is 9.49. The minimum Gasteiger partial charge on any atom is -0.349 e. The molecule has 0 fully saturated rings. The molecule has 1 aromatic carbocycles. The molecule has 136 valence electrons. The van der Waals surface area contributed by atoms with E-state index in [2.05, 4.69) is 22.4 Å². The third-order valence-electron chi connectivity index (χ3n) is 3.96. The second-order valence-corrected chi connectivity index (χ2v) is 7.36. The number of nitrogens with zero attached hydrogens (tertiary/aromatic N) is 3. The molecule has 0 spiro atoms. The van der Waals surface area contributed by atoms with Gasteiger partial charge in [0.05, 0.1) is 11.3 Å². The molecule has 1 heterocycles. The molecule has 2 aromatic rings. The van der Waals surface area contributed by atoms with Gasteiger partial charge in [-0.15, -0.1) is 10.2 Å². The number of hydrogen-bond donors (Lipinski definition) is 1. The number of thioether (sulfide) groups is 1. The Balaban J connectivity index is 1.90. The molecule has 1 N–H and O–H groups in total. The van der Waals surface area contributed by atoms with Gasteiger partial charge < -0.3 is 9.88 Å². The Morgan fingerprint density at radius 3 is 2.68 bits per heavy atom. The van der Waals surface area contributed by atoms with Crippen LogP contribution in [0.3, 0.4) is 0 Å². The van der Waals surface area contributed by atoms with E-state index in [0.29, 0.717) is 0 Å². The first-order valence-electron chi connectivity index (χ1n) is 8.61. The quantitative estimate of drug-likeness (QED) is 0.540. The Bertz CT molecular complexity index is 674. The Hall–Kier alpha value is -1.89. The Kier molecular flexibility index (Phi) is 7.43. The lowest BCUT2D eigenvalue weighted by molar-refractivity contribution is -0.120. The van der Waals surface area contributed by atoms with Gasteiger partial charge in [0.25, 0.3) is 0 Å². The maximum atomic E-state index is 13.0. The van der Waals surface area contributed by atoms with Crippen molar-refractivity contribution in [2.75, 3.05) is 0 Å². The summed E-state index contributed by atoms with van der Waals surface area (Å²) >= 11 is 1.40. The van der Waals surface area contributed by atoms with E-state index in [1.807, 2.05) is 18.4 Å². The second-order valence-electron chi connectivity index (χ2n) is 6.06. The monoisotopic (exact) mass is 364 g/mol. The molecule has 1 amide bonds. The molecule has 0 radical (unpaired) electrons. The normalized spacial score (nSPS) is 13.4. The number of rotatable bonds is 9. The number of nitrogens with one attached hydrogen (secondary N) is 1. The summed E-state index contributed by atoms with van der Waals surface area (Å²) in [7, 11) is 0. The number of benzene rings is 1. The maximum absolute atomic E-state index is 13.0. The summed E-state index contributed by atoms with van der Waals surface area (Å²) in [4.78, 5) is 12.4. The summed E-state index contributed by atoms with van der Waals surface area (Å²) < 4.78 is 15.0. The summed E-state index contributed by atoms with van der Waals surface area (Å²) in [5.41, 5.74) is 0.870. The molecular formula is C18H25FN4OS. The molecule has 0 bridgehead atoms. The van der Waals surface area contributed by atoms with Gasteiger partial charge in [0, 0.05) is 6.54 Å². The largest absolute Gasteiger partial charge is 0.349 e. The maximum Gasteiger partial charge on any atom is 0.233 e. The SMILES string of the molecule is CCCCCn1cnnc1S[C@@H](C)C(=O)N[C@@H](C)c1ccc(F)cc1. The van der Waals surface area contributed by atoms with Gasteiger partial charge in [-0.3, -0.25) is 4.79 Å². The van der Waals surface area contributed by atoms with Crippen LogP contribution in [-0.2, 0) is 11.3 Å². The molecule has 0 aliphatic rings. The lowest BCUT2D eigenvalue weighted by Crippen LogP contribution is -2.33. The summed E-state index contributed by atoms with van der Waals surface area (Å²) in [6.07, 6.45) is 5.10. The van der Waals surface area contributed by atoms with Crippen molar-refractivity contribution in [3.8, 4) is 0 Å². The molecule has 5 nitrogen and oxygen atoms in total. The van der Waals surface area contributed by atoms with Crippen LogP contribution < -0.4 is 5.32 Å². The van der Waals surface area contributed by atoms with Gasteiger partial charge in [-0.1, -0.05) is 43.7 Å². The fourth-order valence-electron chi connectivity index (χ4n) is 2.40. The summed E-state index contributed by atoms with van der Waals surface area (Å²) in [6.45, 7) is 6.76. The molecule has 0 saturated carbocycles. The van der Waals surface area contributed by atoms with E-state index in [-0.39, 0.29) is 23.0 Å². The van der Waals surface area contributed by atoms with E-state index in [0.717, 1.165) is 36.5 Å². The van der Waals surface area contributed by atoms with Crippen LogP contribution in [0.25, 0.3) is 0 Å². The lowest BCUT2D eigenvalue weighted by Gasteiger charge is -2.17. The van der Waals surface area contributed by atoms with Crippen molar-refractivity contribution < 1.29 is 9.18 Å². The van der Waals surface area contributed by atoms with Crippen molar-refractivity contribution in [2.24, 2.45) is 0 Å². The molecular weight excluding hydrogens is 339 g/mol. The minimum absolute atomic E-state index is 0.0788. The first-order chi connectivity index (χ1) is 12.0. The van der Waals surface area contributed by atoms with Crippen LogP contribution in [0.5, 0.6) is 0 Å². The molecule has 0 saturated heterocycles. The van der Waals surface area contributed by atoms with Gasteiger partial charge in [-0.05, 0) is 38.0 Å². The third kappa shape index (κ3) is 5.85. The zero-order valence-electron chi connectivity index (χ0n) is 14.9. The summed E-state index contributed by atoms with van der Waals surface area (Å²) in [5, 5.41) is 11.5. The van der Waals surface area contributed by atoms with Gasteiger partial charge >= 0.3 is 0 Å². The van der Waals surface area contributed by atoms with E-state index >= 15 is 0 Å². The molecule has 2 rings (SSSR count). The molecule has 0 aliphatic carbocycles. The highest BCUT2D eigenvalue weighted by Crippen LogP contribution is 2.22. The highest BCUT2D eigenvalue weighted by molar-refractivity contribution is 8.00. The summed E-state index contributed by atoms with van der Waals surface area (Å²) in [5.74, 6) is -0.362. The molecule has 7 heteroatoms. The first kappa shape index (κ1) is 19.4. The minimum atomic E-state index is -0.294. The van der Waals surface area contributed by atoms with Crippen molar-refractivity contribution in [1.29, 1.82) is 0 Å². The number of amides is 1. The molecule has 0 unspecified atom stereocenters. The van der Waals surface area contributed by atoms with Crippen molar-refractivity contribution in [2.45, 2.75) is 63.0 Å². The zero-order chi connectivity index (χ0) is 18.2. The average molecular weight is 364 g/mol. The van der Waals surface area contributed by atoms with Crippen molar-refractivity contribution in [3.63, 3.8) is 0 Å². The zero-order valence-corrected chi connectivity index (χ0v) is 15.7. The Labute approximate surface area is 152 Å². The highest BCUT2D eigenvalue weighted by Gasteiger charge is 2.20. The average Bonchev–Trinajstić information content (AvgIpc) is 3.02. The predicted molar refractivity (Wildman–Crippen MR) is 97.8 cm³/mol. The fraction of sp³-hybridized carbons (Fsp3) is 0.500. The number of aromatic nitrogens is 3. The van der Waals surface area contributed by atoms with E-state index in [1.165, 1.54) is 23.9 Å². The third-order valence-corrected chi connectivity index (χ3v) is 5.06. The van der Waals surface area contributed by atoms with E-state index in [9.17, 15) is 9.18 Å². The molecule has 0 aliphatic heterocycles. The van der Waals surface area contributed by atoms with Crippen LogP contribution in [0.1, 0.15) is 51.6 Å². The predicted octanol–water partition coefficient (Wildman–Crippen LogP) is 3.97. The number of unbranched alkanes of at least 4 members (excludes halogenated alkanes) is 2. The van der Waals surface area contributed by atoms with Crippen LogP contribution in [0.4, 0.5) is 4.39 Å². The second kappa shape index (κ2) is 9.56. The van der Waals surface area contributed by atoms with E-state index in [4.69, 9.17) is 0 Å². The number of carbonyl (C=O) groups is 1. The summed E-state index contributed by atoms with van der Waals surface area (Å²) in [6, 6.07) is 5.98. The lowest BCUT2D eigenvalue weighted by atomic mass is 10.1. The van der Waals surface area contributed by atoms with Gasteiger partial charge in [-0.25, -0.2) is 4.39 Å². The molecule has 25 heavy (non-hydrogen) atoms. The number of carbonyl (C=O) groups excluding carboxylic acids is 1. The van der Waals surface area contributed by atoms with Crippen LogP contribution in [-0.4, -0.2) is 25.9 Å². The number of hydrogen-bond acceptors (Lipinski definition) is 4. The molecule has 2 atom stereocenters. The van der Waals surface area contributed by atoms with Crippen molar-refractivity contribution >= 4 is 17.7 Å². The van der Waals surface area contributed by atoms with Crippen LogP contribution in [0.15, 0.2) is 35.7 Å². The van der Waals surface area contributed by atoms with Crippen LogP contribution in [0, 0.1) is 5.82 Å². The van der Waals surface area contributed by atoms with Gasteiger partial charge in [-0.2, -0.15) is 0 Å². The van der Waals surface area contributed by atoms with Gasteiger partial charge in [0.1, 0.15) is 12.1 Å². The Morgan fingerprint density at radius 2 is 2.00 bits per heavy atom. The van der Waals surface area contributed by atoms with Gasteiger partial charge in [0.15, 0.2) is 5.16 Å². The van der Waals surface area contributed by atoms with Crippen LogP contribution >= 0.6 is 11.8 Å². The van der Waals surface area contributed by atoms with Gasteiger partial charge in [0.2, 0.25) is 5.91 Å². The fourth-order valence-corrected chi connectivity index (χ4v) is 3.26. The van der Waals surface area contributed by atoms with E-state index < -0.39 is 0 Å². The standard InChI is InChI=1S/C18H25FN4OS/c1-4-5-6-11-23-12-20-22-18(23)25-14(3)17(24)21-13(2)15-7-9-16(19)10-8-15/h7-10,12-14H,4-6,11H2,1-3H3,(H,21,24)/t13-,14-/m0/s1. The van der Waals surface area contributed by atoms with E-state index in [1.54, 1.807) is 18.5 Å². The Morgan fingerprint density at radius 1 is 1.28 bits per heavy atom. The highest BCUT2D eigenvalue weighted by atomic mass is 32.2. The van der Waals surface area contributed by atoms with Crippen LogP contribution in [0.2, 0.25) is 0 Å². The topological polar surface area (TPSA) is 59.8 Å².